The van der Waals surface area contributed by atoms with E-state index in [2.05, 4.69) is 51.3 Å². The van der Waals surface area contributed by atoms with Crippen LogP contribution in [-0.2, 0) is 11.3 Å². The minimum absolute atomic E-state index is 0.221. The van der Waals surface area contributed by atoms with Crippen LogP contribution in [0.2, 0.25) is 0 Å². The second kappa shape index (κ2) is 7.48. The molecule has 1 fully saturated rings. The van der Waals surface area contributed by atoms with Crippen molar-refractivity contribution >= 4 is 17.0 Å². The van der Waals surface area contributed by atoms with Crippen molar-refractivity contribution < 1.29 is 9.53 Å². The van der Waals surface area contributed by atoms with Gasteiger partial charge in [0.05, 0.1) is 0 Å². The largest absolute Gasteiger partial charge is 0.444 e. The highest BCUT2D eigenvalue weighted by Gasteiger charge is 2.23. The number of rotatable bonds is 4. The number of carbonyl (C=O) groups is 1. The van der Waals surface area contributed by atoms with Crippen molar-refractivity contribution in [3.63, 3.8) is 0 Å². The molecule has 1 amide bonds. The fraction of sp³-hybridized carbons (Fsp3) is 0.550. The number of nitrogens with one attached hydrogen (secondary N) is 1. The lowest BCUT2D eigenvalue weighted by Gasteiger charge is -2.32. The first-order valence-corrected chi connectivity index (χ1v) is 9.16. The lowest BCUT2D eigenvalue weighted by molar-refractivity contribution is 0.0478. The second-order valence-electron chi connectivity index (χ2n) is 7.83. The Morgan fingerprint density at radius 3 is 2.60 bits per heavy atom. The molecule has 1 N–H and O–H groups in total. The number of para-hydroxylation sites is 1. The number of nitrogens with zero attached hydrogens (tertiary/aromatic N) is 2. The van der Waals surface area contributed by atoms with Gasteiger partial charge in [0.1, 0.15) is 5.60 Å². The van der Waals surface area contributed by atoms with Crippen molar-refractivity contribution in [3.8, 4) is 0 Å². The van der Waals surface area contributed by atoms with Crippen molar-refractivity contribution in [2.24, 2.45) is 0 Å². The van der Waals surface area contributed by atoms with Gasteiger partial charge in [-0.2, -0.15) is 0 Å². The van der Waals surface area contributed by atoms with E-state index in [4.69, 9.17) is 4.74 Å². The number of likely N-dealkylation sites (tertiary alicyclic amines) is 1. The molecule has 0 bridgehead atoms. The SMILES string of the molecule is CC(C)(C)OC(=O)NC1CCN(CCn2ccc3ccccc32)CC1. The second-order valence-corrected chi connectivity index (χ2v) is 7.83. The molecule has 5 nitrogen and oxygen atoms in total. The number of hydrogen-bond acceptors (Lipinski definition) is 3. The Balaban J connectivity index is 1.43. The van der Waals surface area contributed by atoms with Crippen LogP contribution >= 0.6 is 0 Å². The first kappa shape index (κ1) is 17.8. The lowest BCUT2D eigenvalue weighted by Crippen LogP contribution is -2.46. The molecule has 0 spiro atoms. The summed E-state index contributed by atoms with van der Waals surface area (Å²) in [6, 6.07) is 10.9. The van der Waals surface area contributed by atoms with Crippen molar-refractivity contribution in [2.45, 2.75) is 51.8 Å². The summed E-state index contributed by atoms with van der Waals surface area (Å²) >= 11 is 0. The fourth-order valence-corrected chi connectivity index (χ4v) is 3.36. The van der Waals surface area contributed by atoms with Crippen LogP contribution in [0.1, 0.15) is 33.6 Å². The summed E-state index contributed by atoms with van der Waals surface area (Å²) in [4.78, 5) is 14.3. The van der Waals surface area contributed by atoms with E-state index in [0.29, 0.717) is 0 Å². The summed E-state index contributed by atoms with van der Waals surface area (Å²) in [5.41, 5.74) is 0.855. The molecule has 0 radical (unpaired) electrons. The summed E-state index contributed by atoms with van der Waals surface area (Å²) < 4.78 is 7.66. The minimum atomic E-state index is -0.440. The van der Waals surface area contributed by atoms with Crippen LogP contribution in [0.4, 0.5) is 4.79 Å². The summed E-state index contributed by atoms with van der Waals surface area (Å²) in [6.45, 7) is 9.73. The lowest BCUT2D eigenvalue weighted by atomic mass is 10.1. The quantitative estimate of drug-likeness (QED) is 0.922. The number of aromatic nitrogens is 1. The molecule has 25 heavy (non-hydrogen) atoms. The van der Waals surface area contributed by atoms with Crippen LogP contribution in [0.5, 0.6) is 0 Å². The van der Waals surface area contributed by atoms with Gasteiger partial charge in [-0.15, -0.1) is 0 Å². The summed E-state index contributed by atoms with van der Waals surface area (Å²) in [5, 5.41) is 4.29. The van der Waals surface area contributed by atoms with Crippen molar-refractivity contribution in [3.05, 3.63) is 36.5 Å². The smallest absolute Gasteiger partial charge is 0.407 e. The first-order valence-electron chi connectivity index (χ1n) is 9.16. The molecule has 2 aromatic rings. The Hall–Kier alpha value is -2.01. The Labute approximate surface area is 149 Å². The minimum Gasteiger partial charge on any atom is -0.444 e. The average Bonchev–Trinajstić information content (AvgIpc) is 2.96. The predicted molar refractivity (Wildman–Crippen MR) is 101 cm³/mol. The van der Waals surface area contributed by atoms with Crippen LogP contribution in [0.15, 0.2) is 36.5 Å². The molecule has 1 saturated heterocycles. The third-order valence-electron chi connectivity index (χ3n) is 4.65. The number of amides is 1. The molecule has 5 heteroatoms. The Bertz CT molecular complexity index is 709. The summed E-state index contributed by atoms with van der Waals surface area (Å²) in [7, 11) is 0. The molecule has 0 aliphatic carbocycles. The molecular weight excluding hydrogens is 314 g/mol. The van der Waals surface area contributed by atoms with Crippen LogP contribution < -0.4 is 5.32 Å². The van der Waals surface area contributed by atoms with E-state index in [9.17, 15) is 4.79 Å². The number of carbonyl (C=O) groups excluding carboxylic acids is 1. The van der Waals surface area contributed by atoms with Crippen LogP contribution in [0, 0.1) is 0 Å². The van der Waals surface area contributed by atoms with Crippen molar-refractivity contribution in [1.82, 2.24) is 14.8 Å². The monoisotopic (exact) mass is 343 g/mol. The van der Waals surface area contributed by atoms with E-state index in [1.165, 1.54) is 10.9 Å². The maximum Gasteiger partial charge on any atom is 0.407 e. The molecule has 1 aliphatic rings. The topological polar surface area (TPSA) is 46.5 Å². The van der Waals surface area contributed by atoms with Crippen molar-refractivity contribution in [1.29, 1.82) is 0 Å². The molecule has 2 heterocycles. The van der Waals surface area contributed by atoms with E-state index < -0.39 is 5.60 Å². The highest BCUT2D eigenvalue weighted by atomic mass is 16.6. The maximum absolute atomic E-state index is 11.9. The Morgan fingerprint density at radius 2 is 1.88 bits per heavy atom. The molecule has 136 valence electrons. The van der Waals surface area contributed by atoms with Gasteiger partial charge < -0.3 is 19.5 Å². The third-order valence-corrected chi connectivity index (χ3v) is 4.65. The average molecular weight is 343 g/mol. The molecule has 1 aromatic carbocycles. The van der Waals surface area contributed by atoms with E-state index in [-0.39, 0.29) is 12.1 Å². The van der Waals surface area contributed by atoms with Gasteiger partial charge in [-0.05, 0) is 51.1 Å². The van der Waals surface area contributed by atoms with Crippen LogP contribution in [-0.4, -0.2) is 46.8 Å². The zero-order valence-corrected chi connectivity index (χ0v) is 15.5. The number of fused-ring (bicyclic) bond motifs is 1. The number of ether oxygens (including phenoxy) is 1. The number of piperidine rings is 1. The highest BCUT2D eigenvalue weighted by molar-refractivity contribution is 5.79. The zero-order chi connectivity index (χ0) is 17.9. The van der Waals surface area contributed by atoms with Gasteiger partial charge >= 0.3 is 6.09 Å². The van der Waals surface area contributed by atoms with Gasteiger partial charge in [-0.25, -0.2) is 4.79 Å². The van der Waals surface area contributed by atoms with Gasteiger partial charge in [0.25, 0.3) is 0 Å². The molecule has 0 unspecified atom stereocenters. The Morgan fingerprint density at radius 1 is 1.16 bits per heavy atom. The molecule has 0 atom stereocenters. The maximum atomic E-state index is 11.9. The van der Waals surface area contributed by atoms with Gasteiger partial charge in [-0.3, -0.25) is 0 Å². The summed E-state index contributed by atoms with van der Waals surface area (Å²) in [5.74, 6) is 0. The summed E-state index contributed by atoms with van der Waals surface area (Å²) in [6.07, 6.45) is 3.82. The number of alkyl carbamates (subject to hydrolysis) is 1. The first-order chi connectivity index (χ1) is 11.9. The van der Waals surface area contributed by atoms with Gasteiger partial charge in [0, 0.05) is 43.9 Å². The highest BCUT2D eigenvalue weighted by Crippen LogP contribution is 2.16. The van der Waals surface area contributed by atoms with Crippen LogP contribution in [0.3, 0.4) is 0 Å². The predicted octanol–water partition coefficient (Wildman–Crippen LogP) is 3.63. The number of benzene rings is 1. The van der Waals surface area contributed by atoms with E-state index >= 15 is 0 Å². The van der Waals surface area contributed by atoms with Gasteiger partial charge in [0.15, 0.2) is 0 Å². The fourth-order valence-electron chi connectivity index (χ4n) is 3.36. The zero-order valence-electron chi connectivity index (χ0n) is 15.5. The van der Waals surface area contributed by atoms with Gasteiger partial charge in [-0.1, -0.05) is 18.2 Å². The van der Waals surface area contributed by atoms with Gasteiger partial charge in [0.2, 0.25) is 0 Å². The van der Waals surface area contributed by atoms with E-state index in [0.717, 1.165) is 39.0 Å². The molecule has 3 rings (SSSR count). The van der Waals surface area contributed by atoms with E-state index in [1.54, 1.807) is 0 Å². The van der Waals surface area contributed by atoms with Crippen molar-refractivity contribution in [2.75, 3.05) is 19.6 Å². The third kappa shape index (κ3) is 4.98. The molecular formula is C20H29N3O2. The van der Waals surface area contributed by atoms with Crippen LogP contribution in [0.25, 0.3) is 10.9 Å². The molecule has 1 aliphatic heterocycles. The Kier molecular flexibility index (Phi) is 5.33. The molecule has 0 saturated carbocycles. The van der Waals surface area contributed by atoms with E-state index in [1.807, 2.05) is 20.8 Å². The number of hydrogen-bond donors (Lipinski definition) is 1. The normalized spacial score (nSPS) is 16.9. The molecule has 1 aromatic heterocycles. The standard InChI is InChI=1S/C20H29N3O2/c1-20(2,3)25-19(24)21-17-9-11-22(12-10-17)14-15-23-13-8-16-6-4-5-7-18(16)23/h4-8,13,17H,9-12,14-15H2,1-3H3,(H,21,24).